The molecule has 21 heavy (non-hydrogen) atoms. The first kappa shape index (κ1) is 14.5. The number of benzene rings is 2. The lowest BCUT2D eigenvalue weighted by atomic mass is 10.2. The molecular weight excluding hydrogens is 269 g/mol. The topological polar surface area (TPSA) is 64.9 Å². The second-order valence-corrected chi connectivity index (χ2v) is 4.42. The fourth-order valence-corrected chi connectivity index (χ4v) is 1.74. The molecule has 0 aliphatic carbocycles. The van der Waals surface area contributed by atoms with Crippen LogP contribution in [0.5, 0.6) is 0 Å². The van der Waals surface area contributed by atoms with Crippen LogP contribution in [0.1, 0.15) is 12.0 Å². The van der Waals surface area contributed by atoms with Crippen LogP contribution in [0, 0.1) is 17.1 Å². The zero-order valence-electron chi connectivity index (χ0n) is 11.3. The molecule has 2 aromatic rings. The highest BCUT2D eigenvalue weighted by atomic mass is 19.1. The Morgan fingerprint density at radius 1 is 1.05 bits per heavy atom. The van der Waals surface area contributed by atoms with Gasteiger partial charge in [-0.3, -0.25) is 4.79 Å². The van der Waals surface area contributed by atoms with E-state index in [1.54, 1.807) is 36.4 Å². The molecule has 0 aliphatic rings. The molecule has 0 saturated carbocycles. The minimum absolute atomic E-state index is 0.130. The molecule has 0 aliphatic heterocycles. The third-order valence-corrected chi connectivity index (χ3v) is 2.82. The molecule has 2 aromatic carbocycles. The first-order valence-electron chi connectivity index (χ1n) is 6.47. The van der Waals surface area contributed by atoms with E-state index in [-0.39, 0.29) is 18.1 Å². The third kappa shape index (κ3) is 4.62. The first-order valence-corrected chi connectivity index (χ1v) is 6.47. The molecule has 1 amide bonds. The molecule has 2 N–H and O–H groups in total. The summed E-state index contributed by atoms with van der Waals surface area (Å²) in [5, 5.41) is 14.5. The molecule has 106 valence electrons. The van der Waals surface area contributed by atoms with Crippen LogP contribution in [0.3, 0.4) is 0 Å². The number of nitrogens with one attached hydrogen (secondary N) is 2. The Labute approximate surface area is 122 Å². The molecule has 0 aromatic heterocycles. The molecular formula is C16H14FN3O. The second-order valence-electron chi connectivity index (χ2n) is 4.42. The van der Waals surface area contributed by atoms with Crippen molar-refractivity contribution >= 4 is 17.3 Å². The van der Waals surface area contributed by atoms with Gasteiger partial charge in [-0.15, -0.1) is 0 Å². The maximum absolute atomic E-state index is 12.7. The van der Waals surface area contributed by atoms with Crippen molar-refractivity contribution in [3.63, 3.8) is 0 Å². The van der Waals surface area contributed by atoms with Crippen molar-refractivity contribution in [2.24, 2.45) is 0 Å². The molecule has 0 fully saturated rings. The zero-order chi connectivity index (χ0) is 15.1. The van der Waals surface area contributed by atoms with Gasteiger partial charge in [-0.1, -0.05) is 0 Å². The Bertz CT molecular complexity index is 645. The molecule has 0 saturated heterocycles. The fourth-order valence-electron chi connectivity index (χ4n) is 1.74. The Morgan fingerprint density at radius 2 is 1.67 bits per heavy atom. The average molecular weight is 283 g/mol. The van der Waals surface area contributed by atoms with Crippen molar-refractivity contribution in [2.75, 3.05) is 17.2 Å². The summed E-state index contributed by atoms with van der Waals surface area (Å²) in [4.78, 5) is 11.7. The average Bonchev–Trinajstić information content (AvgIpc) is 2.50. The largest absolute Gasteiger partial charge is 0.385 e. The molecule has 5 heteroatoms. The van der Waals surface area contributed by atoms with Gasteiger partial charge in [0.15, 0.2) is 0 Å². The summed E-state index contributed by atoms with van der Waals surface area (Å²) in [5.41, 5.74) is 1.97. The molecule has 0 heterocycles. The minimum atomic E-state index is -0.292. The number of nitrogens with zero attached hydrogens (tertiary/aromatic N) is 1. The number of halogens is 1. The Kier molecular flexibility index (Phi) is 4.89. The summed E-state index contributed by atoms with van der Waals surface area (Å²) in [6.07, 6.45) is 0.289. The van der Waals surface area contributed by atoms with Crippen molar-refractivity contribution in [1.82, 2.24) is 0 Å². The predicted molar refractivity (Wildman–Crippen MR) is 79.3 cm³/mol. The van der Waals surface area contributed by atoms with Crippen LogP contribution in [-0.4, -0.2) is 12.5 Å². The molecule has 0 radical (unpaired) electrons. The standard InChI is InChI=1S/C16H14FN3O/c17-13-3-7-14(8-4-13)19-10-9-16(21)20-15-5-1-12(11-18)2-6-15/h1-8,19H,9-10H2,(H,20,21). The lowest BCUT2D eigenvalue weighted by molar-refractivity contribution is -0.115. The van der Waals surface area contributed by atoms with Crippen LogP contribution in [-0.2, 0) is 4.79 Å². The van der Waals surface area contributed by atoms with E-state index in [4.69, 9.17) is 5.26 Å². The number of carbonyl (C=O) groups is 1. The number of anilines is 2. The number of hydrogen-bond donors (Lipinski definition) is 2. The van der Waals surface area contributed by atoms with Gasteiger partial charge in [-0.05, 0) is 48.5 Å². The van der Waals surface area contributed by atoms with E-state index in [1.807, 2.05) is 6.07 Å². The summed E-state index contributed by atoms with van der Waals surface area (Å²) in [7, 11) is 0. The maximum atomic E-state index is 12.7. The second kappa shape index (κ2) is 7.06. The molecule has 0 bridgehead atoms. The van der Waals surface area contributed by atoms with Crippen molar-refractivity contribution < 1.29 is 9.18 Å². The summed E-state index contributed by atoms with van der Waals surface area (Å²) < 4.78 is 12.7. The van der Waals surface area contributed by atoms with Gasteiger partial charge in [0.05, 0.1) is 11.6 Å². The molecule has 0 atom stereocenters. The van der Waals surface area contributed by atoms with Crippen LogP contribution in [0.4, 0.5) is 15.8 Å². The van der Waals surface area contributed by atoms with Gasteiger partial charge in [0.1, 0.15) is 5.82 Å². The van der Waals surface area contributed by atoms with Gasteiger partial charge in [-0.25, -0.2) is 4.39 Å². The Hall–Kier alpha value is -2.87. The van der Waals surface area contributed by atoms with Crippen molar-refractivity contribution in [3.8, 4) is 6.07 Å². The van der Waals surface area contributed by atoms with E-state index in [9.17, 15) is 9.18 Å². The first-order chi connectivity index (χ1) is 10.2. The van der Waals surface area contributed by atoms with Crippen LogP contribution < -0.4 is 10.6 Å². The quantitative estimate of drug-likeness (QED) is 0.886. The lowest BCUT2D eigenvalue weighted by Crippen LogP contribution is -2.16. The van der Waals surface area contributed by atoms with Gasteiger partial charge < -0.3 is 10.6 Å². The van der Waals surface area contributed by atoms with Gasteiger partial charge >= 0.3 is 0 Å². The predicted octanol–water partition coefficient (Wildman–Crippen LogP) is 3.14. The third-order valence-electron chi connectivity index (χ3n) is 2.82. The van der Waals surface area contributed by atoms with Gasteiger partial charge in [0.25, 0.3) is 0 Å². The van der Waals surface area contributed by atoms with E-state index in [2.05, 4.69) is 10.6 Å². The Balaban J connectivity index is 1.76. The highest BCUT2D eigenvalue weighted by Crippen LogP contribution is 2.10. The number of carbonyl (C=O) groups excluding carboxylic acids is 1. The number of rotatable bonds is 5. The summed E-state index contributed by atoms with van der Waals surface area (Å²) in [5.74, 6) is -0.423. The van der Waals surface area contributed by atoms with Gasteiger partial charge in [-0.2, -0.15) is 5.26 Å². The van der Waals surface area contributed by atoms with E-state index in [0.29, 0.717) is 17.8 Å². The fraction of sp³-hybridized carbons (Fsp3) is 0.125. The van der Waals surface area contributed by atoms with E-state index >= 15 is 0 Å². The smallest absolute Gasteiger partial charge is 0.226 e. The van der Waals surface area contributed by atoms with Crippen molar-refractivity contribution in [2.45, 2.75) is 6.42 Å². The number of amides is 1. The number of nitriles is 1. The monoisotopic (exact) mass is 283 g/mol. The SMILES string of the molecule is N#Cc1ccc(NC(=O)CCNc2ccc(F)cc2)cc1. The highest BCUT2D eigenvalue weighted by molar-refractivity contribution is 5.91. The highest BCUT2D eigenvalue weighted by Gasteiger charge is 2.02. The van der Waals surface area contributed by atoms with E-state index in [1.165, 1.54) is 12.1 Å². The minimum Gasteiger partial charge on any atom is -0.385 e. The summed E-state index contributed by atoms with van der Waals surface area (Å²) in [6.45, 7) is 0.452. The Morgan fingerprint density at radius 3 is 2.29 bits per heavy atom. The molecule has 2 rings (SSSR count). The van der Waals surface area contributed by atoms with Crippen molar-refractivity contribution in [1.29, 1.82) is 5.26 Å². The maximum Gasteiger partial charge on any atom is 0.226 e. The molecule has 0 spiro atoms. The lowest BCUT2D eigenvalue weighted by Gasteiger charge is -2.07. The normalized spacial score (nSPS) is 9.71. The van der Waals surface area contributed by atoms with Gasteiger partial charge in [0.2, 0.25) is 5.91 Å². The molecule has 4 nitrogen and oxygen atoms in total. The van der Waals surface area contributed by atoms with Crippen LogP contribution in [0.2, 0.25) is 0 Å². The summed E-state index contributed by atoms with van der Waals surface area (Å²) in [6, 6.07) is 14.6. The molecule has 0 unspecified atom stereocenters. The van der Waals surface area contributed by atoms with Crippen LogP contribution in [0.25, 0.3) is 0 Å². The zero-order valence-corrected chi connectivity index (χ0v) is 11.3. The summed E-state index contributed by atoms with van der Waals surface area (Å²) >= 11 is 0. The van der Waals surface area contributed by atoms with Crippen molar-refractivity contribution in [3.05, 3.63) is 59.9 Å². The van der Waals surface area contributed by atoms with Crippen LogP contribution >= 0.6 is 0 Å². The number of hydrogen-bond acceptors (Lipinski definition) is 3. The van der Waals surface area contributed by atoms with Crippen LogP contribution in [0.15, 0.2) is 48.5 Å². The van der Waals surface area contributed by atoms with E-state index < -0.39 is 0 Å². The van der Waals surface area contributed by atoms with Gasteiger partial charge in [0, 0.05) is 24.3 Å². The van der Waals surface area contributed by atoms with E-state index in [0.717, 1.165) is 5.69 Å².